The Balaban J connectivity index is 2.91. The zero-order valence-electron chi connectivity index (χ0n) is 12.0. The highest BCUT2D eigenvalue weighted by molar-refractivity contribution is 7.91. The van der Waals surface area contributed by atoms with Crippen molar-refractivity contribution in [3.63, 3.8) is 0 Å². The predicted molar refractivity (Wildman–Crippen MR) is 86.6 cm³/mol. The van der Waals surface area contributed by atoms with Crippen molar-refractivity contribution in [2.45, 2.75) is 38.0 Å². The van der Waals surface area contributed by atoms with Crippen LogP contribution in [0.2, 0.25) is 10.0 Å². The lowest BCUT2D eigenvalue weighted by Crippen LogP contribution is -2.44. The van der Waals surface area contributed by atoms with Crippen LogP contribution in [0.4, 0.5) is 0 Å². The Morgan fingerprint density at radius 3 is 2.40 bits per heavy atom. The van der Waals surface area contributed by atoms with Crippen molar-refractivity contribution >= 4 is 33.0 Å². The maximum absolute atomic E-state index is 11.8. The summed E-state index contributed by atoms with van der Waals surface area (Å²) in [5.74, 6) is 0. The minimum absolute atomic E-state index is 0.137. The van der Waals surface area contributed by atoms with Crippen molar-refractivity contribution in [2.75, 3.05) is 12.8 Å². The Labute approximate surface area is 131 Å². The van der Waals surface area contributed by atoms with Gasteiger partial charge in [0.1, 0.15) is 0 Å². The van der Waals surface area contributed by atoms with Crippen LogP contribution in [-0.2, 0) is 16.3 Å². The normalized spacial score (nSPS) is 15.1. The summed E-state index contributed by atoms with van der Waals surface area (Å²) in [5, 5.41) is 3.84. The molecule has 2 atom stereocenters. The van der Waals surface area contributed by atoms with Crippen molar-refractivity contribution in [3.8, 4) is 0 Å². The first-order chi connectivity index (χ1) is 9.25. The molecule has 0 bridgehead atoms. The fraction of sp³-hybridized carbons (Fsp3) is 0.571. The average molecular weight is 338 g/mol. The lowest BCUT2D eigenvalue weighted by atomic mass is 10.0. The molecule has 114 valence electrons. The van der Waals surface area contributed by atoms with E-state index in [1.165, 1.54) is 6.26 Å². The van der Waals surface area contributed by atoms with Crippen LogP contribution in [0, 0.1) is 0 Å². The Morgan fingerprint density at radius 1 is 1.25 bits per heavy atom. The van der Waals surface area contributed by atoms with Gasteiger partial charge in [-0.05, 0) is 44.0 Å². The van der Waals surface area contributed by atoms with E-state index in [4.69, 9.17) is 23.2 Å². The first-order valence-corrected chi connectivity index (χ1v) is 9.33. The molecule has 0 aliphatic heterocycles. The average Bonchev–Trinajstić information content (AvgIpc) is 2.36. The molecule has 0 spiro atoms. The van der Waals surface area contributed by atoms with E-state index in [1.807, 2.05) is 13.0 Å². The van der Waals surface area contributed by atoms with E-state index in [-0.39, 0.29) is 6.04 Å². The summed E-state index contributed by atoms with van der Waals surface area (Å²) in [7, 11) is -3.09. The predicted octanol–water partition coefficient (Wildman–Crippen LogP) is 3.34. The van der Waals surface area contributed by atoms with Crippen molar-refractivity contribution in [3.05, 3.63) is 33.8 Å². The summed E-state index contributed by atoms with van der Waals surface area (Å²) >= 11 is 11.9. The van der Waals surface area contributed by atoms with Crippen molar-refractivity contribution < 1.29 is 8.42 Å². The SMILES string of the molecule is CCCNC(Cc1ccc(Cl)c(Cl)c1)C(C)S(C)(=O)=O. The molecule has 0 radical (unpaired) electrons. The van der Waals surface area contributed by atoms with E-state index in [2.05, 4.69) is 5.32 Å². The zero-order valence-corrected chi connectivity index (χ0v) is 14.3. The van der Waals surface area contributed by atoms with Gasteiger partial charge < -0.3 is 5.32 Å². The quantitative estimate of drug-likeness (QED) is 0.829. The fourth-order valence-electron chi connectivity index (χ4n) is 1.95. The molecular weight excluding hydrogens is 317 g/mol. The van der Waals surface area contributed by atoms with Crippen LogP contribution in [0.15, 0.2) is 18.2 Å². The van der Waals surface area contributed by atoms with E-state index < -0.39 is 15.1 Å². The molecule has 0 aliphatic rings. The third kappa shape index (κ3) is 5.24. The van der Waals surface area contributed by atoms with E-state index in [0.29, 0.717) is 16.5 Å². The molecule has 1 aromatic carbocycles. The van der Waals surface area contributed by atoms with Gasteiger partial charge >= 0.3 is 0 Å². The van der Waals surface area contributed by atoms with Gasteiger partial charge in [-0.3, -0.25) is 0 Å². The van der Waals surface area contributed by atoms with Gasteiger partial charge in [0.15, 0.2) is 9.84 Å². The maximum atomic E-state index is 11.8. The topological polar surface area (TPSA) is 46.2 Å². The largest absolute Gasteiger partial charge is 0.312 e. The molecule has 1 aromatic rings. The molecule has 0 heterocycles. The summed E-state index contributed by atoms with van der Waals surface area (Å²) in [6.07, 6.45) is 2.83. The molecule has 0 saturated heterocycles. The Bertz CT molecular complexity index is 546. The number of nitrogens with one attached hydrogen (secondary N) is 1. The highest BCUT2D eigenvalue weighted by Crippen LogP contribution is 2.24. The molecule has 2 unspecified atom stereocenters. The summed E-state index contributed by atoms with van der Waals surface area (Å²) in [5.41, 5.74) is 0.975. The molecule has 0 fully saturated rings. The Hall–Kier alpha value is -0.290. The fourth-order valence-corrected chi connectivity index (χ4v) is 3.06. The van der Waals surface area contributed by atoms with Crippen molar-refractivity contribution in [1.29, 1.82) is 0 Å². The molecule has 0 aromatic heterocycles. The number of halogens is 2. The Morgan fingerprint density at radius 2 is 1.90 bits per heavy atom. The van der Waals surface area contributed by atoms with Crippen molar-refractivity contribution in [1.82, 2.24) is 5.32 Å². The monoisotopic (exact) mass is 337 g/mol. The molecule has 1 rings (SSSR count). The summed E-state index contributed by atoms with van der Waals surface area (Å²) in [4.78, 5) is 0. The lowest BCUT2D eigenvalue weighted by Gasteiger charge is -2.24. The lowest BCUT2D eigenvalue weighted by molar-refractivity contribution is 0.482. The first-order valence-electron chi connectivity index (χ1n) is 6.62. The van der Waals surface area contributed by atoms with Crippen LogP contribution in [0.5, 0.6) is 0 Å². The second-order valence-corrected chi connectivity index (χ2v) is 8.26. The minimum atomic E-state index is -3.09. The molecule has 0 aliphatic carbocycles. The standard InChI is InChI=1S/C14H21Cl2NO2S/c1-4-7-17-14(10(2)20(3,18)19)9-11-5-6-12(15)13(16)8-11/h5-6,8,10,14,17H,4,7,9H2,1-3H3. The number of sulfone groups is 1. The van der Waals surface area contributed by atoms with Gasteiger partial charge in [-0.15, -0.1) is 0 Å². The Kier molecular flexibility index (Phi) is 6.79. The van der Waals surface area contributed by atoms with Gasteiger partial charge in [-0.1, -0.05) is 36.2 Å². The van der Waals surface area contributed by atoms with Crippen LogP contribution in [-0.4, -0.2) is 32.5 Å². The van der Waals surface area contributed by atoms with Crippen LogP contribution >= 0.6 is 23.2 Å². The van der Waals surface area contributed by atoms with Gasteiger partial charge in [-0.25, -0.2) is 8.42 Å². The molecule has 1 N–H and O–H groups in total. The van der Waals surface area contributed by atoms with Gasteiger partial charge in [-0.2, -0.15) is 0 Å². The summed E-state index contributed by atoms with van der Waals surface area (Å²) in [6.45, 7) is 4.57. The first kappa shape index (κ1) is 17.8. The molecule has 6 heteroatoms. The van der Waals surface area contributed by atoms with Crippen LogP contribution in [0.3, 0.4) is 0 Å². The van der Waals surface area contributed by atoms with Crippen LogP contribution < -0.4 is 5.32 Å². The smallest absolute Gasteiger partial charge is 0.151 e. The van der Waals surface area contributed by atoms with E-state index in [9.17, 15) is 8.42 Å². The summed E-state index contributed by atoms with van der Waals surface area (Å²) < 4.78 is 23.5. The maximum Gasteiger partial charge on any atom is 0.151 e. The van der Waals surface area contributed by atoms with Crippen LogP contribution in [0.25, 0.3) is 0 Å². The molecular formula is C14H21Cl2NO2S. The number of hydrogen-bond acceptors (Lipinski definition) is 3. The number of benzene rings is 1. The second-order valence-electron chi connectivity index (χ2n) is 5.05. The van der Waals surface area contributed by atoms with Crippen molar-refractivity contribution in [2.24, 2.45) is 0 Å². The second kappa shape index (κ2) is 7.64. The minimum Gasteiger partial charge on any atom is -0.312 e. The number of hydrogen-bond donors (Lipinski definition) is 1. The van der Waals surface area contributed by atoms with Crippen LogP contribution in [0.1, 0.15) is 25.8 Å². The molecule has 20 heavy (non-hydrogen) atoms. The van der Waals surface area contributed by atoms with Gasteiger partial charge in [0.2, 0.25) is 0 Å². The van der Waals surface area contributed by atoms with Gasteiger partial charge in [0.25, 0.3) is 0 Å². The van der Waals surface area contributed by atoms with Gasteiger partial charge in [0.05, 0.1) is 15.3 Å². The third-order valence-corrected chi connectivity index (χ3v) is 5.76. The van der Waals surface area contributed by atoms with E-state index in [1.54, 1.807) is 19.1 Å². The highest BCUT2D eigenvalue weighted by Gasteiger charge is 2.25. The third-order valence-electron chi connectivity index (χ3n) is 3.34. The number of rotatable bonds is 7. The van der Waals surface area contributed by atoms with E-state index in [0.717, 1.165) is 18.5 Å². The van der Waals surface area contributed by atoms with Gasteiger partial charge in [0, 0.05) is 12.3 Å². The molecule has 0 amide bonds. The highest BCUT2D eigenvalue weighted by atomic mass is 35.5. The molecule has 3 nitrogen and oxygen atoms in total. The van der Waals surface area contributed by atoms with E-state index >= 15 is 0 Å². The summed E-state index contributed by atoms with van der Waals surface area (Å²) in [6, 6.07) is 5.27. The molecule has 0 saturated carbocycles. The zero-order chi connectivity index (χ0) is 15.3.